The molecule has 1 unspecified atom stereocenters. The van der Waals surface area contributed by atoms with Gasteiger partial charge in [-0.1, -0.05) is 237 Å². The van der Waals surface area contributed by atoms with E-state index in [1.807, 2.05) is 0 Å². The van der Waals surface area contributed by atoms with Crippen molar-refractivity contribution in [3.8, 4) is 67.0 Å². The molecule has 1 spiro atoms. The van der Waals surface area contributed by atoms with Crippen LogP contribution in [0, 0.1) is 0 Å². The first-order valence-electron chi connectivity index (χ1n) is 28.2. The van der Waals surface area contributed by atoms with Crippen molar-refractivity contribution in [2.24, 2.45) is 0 Å². The number of para-hydroxylation sites is 4. The standard InChI is InChI=1S/C79H48N2/c1-3-21-52(22-4-1)80-72-38-15-11-26-57(72)59-43-40-50(46-74(59)80)54-30-17-32-61-66(54)48-67-55(51-41-44-60-58-27-12-16-39-73(58)81(75(60)47-51)53-23-5-2-6-24-53)31-18-33-62(67)76(61)65-34-19-37-70-78(65)64-29-10-14-36-69(64)79(70)68-35-13-9-28-63(68)77-56-25-8-7-20-49(56)42-45-71(77)79/h1-48H. The molecule has 0 fully saturated rings. The van der Waals surface area contributed by atoms with Gasteiger partial charge in [-0.05, 0) is 165 Å². The lowest BCUT2D eigenvalue weighted by Crippen LogP contribution is -2.25. The van der Waals surface area contributed by atoms with E-state index in [-0.39, 0.29) is 0 Å². The molecule has 81 heavy (non-hydrogen) atoms. The smallest absolute Gasteiger partial charge is 0.0725 e. The average Bonchev–Trinajstić information content (AvgIpc) is 4.25. The topological polar surface area (TPSA) is 9.86 Å². The van der Waals surface area contributed by atoms with Crippen molar-refractivity contribution in [2.75, 3.05) is 0 Å². The summed E-state index contributed by atoms with van der Waals surface area (Å²) in [6.45, 7) is 0. The van der Waals surface area contributed by atoms with E-state index in [9.17, 15) is 0 Å². The minimum absolute atomic E-state index is 0.520. The van der Waals surface area contributed by atoms with Gasteiger partial charge in [0.2, 0.25) is 0 Å². The number of aromatic nitrogens is 2. The molecule has 2 nitrogen and oxygen atoms in total. The highest BCUT2D eigenvalue weighted by atomic mass is 15.0. The predicted molar refractivity (Wildman–Crippen MR) is 340 cm³/mol. The van der Waals surface area contributed by atoms with Crippen molar-refractivity contribution in [3.05, 3.63) is 313 Å². The number of fused-ring (bicyclic) bond motifs is 20. The van der Waals surface area contributed by atoms with Crippen LogP contribution in [-0.2, 0) is 5.41 Å². The molecule has 0 amide bonds. The van der Waals surface area contributed by atoms with Gasteiger partial charge in [-0.25, -0.2) is 0 Å². The molecule has 0 saturated carbocycles. The Bertz CT molecular complexity index is 5130. The summed E-state index contributed by atoms with van der Waals surface area (Å²) in [5.41, 5.74) is 24.4. The summed E-state index contributed by atoms with van der Waals surface area (Å²) in [7, 11) is 0. The molecule has 2 heterocycles. The van der Waals surface area contributed by atoms with E-state index in [4.69, 9.17) is 0 Å². The molecule has 1 atom stereocenters. The summed E-state index contributed by atoms with van der Waals surface area (Å²) >= 11 is 0. The van der Waals surface area contributed by atoms with Crippen LogP contribution in [0.5, 0.6) is 0 Å². The second kappa shape index (κ2) is 16.7. The lowest BCUT2D eigenvalue weighted by atomic mass is 9.70. The maximum absolute atomic E-state index is 2.51. The van der Waals surface area contributed by atoms with Gasteiger partial charge in [-0.2, -0.15) is 0 Å². The Hall–Kier alpha value is -10.5. The average molecular weight is 1030 g/mol. The molecule has 18 rings (SSSR count). The SMILES string of the molecule is c1ccc(-n2c3ccccc3c3ccc(-c4cccc5c(-c6cccc7c6-c6ccccc6C76c7ccccc7-c7c6ccc6ccccc76)c6cccc(-c7ccc8c9ccccc9n(-c9ccccc9)c8c7)c6cc45)cc32)cc1. The molecule has 2 aromatic heterocycles. The molecule has 374 valence electrons. The second-order valence-corrected chi connectivity index (χ2v) is 22.2. The Labute approximate surface area is 468 Å². The largest absolute Gasteiger partial charge is 0.309 e. The number of hydrogen-bond donors (Lipinski definition) is 0. The van der Waals surface area contributed by atoms with Crippen LogP contribution in [0.3, 0.4) is 0 Å². The zero-order valence-corrected chi connectivity index (χ0v) is 44.1. The van der Waals surface area contributed by atoms with Gasteiger partial charge >= 0.3 is 0 Å². The summed E-state index contributed by atoms with van der Waals surface area (Å²) in [5, 5.41) is 12.4. The highest BCUT2D eigenvalue weighted by Gasteiger charge is 2.52. The van der Waals surface area contributed by atoms with Crippen molar-refractivity contribution in [1.29, 1.82) is 0 Å². The normalized spacial score (nSPS) is 14.2. The number of benzene rings is 14. The molecule has 0 bridgehead atoms. The minimum atomic E-state index is -0.520. The highest BCUT2D eigenvalue weighted by Crippen LogP contribution is 2.65. The molecule has 14 aromatic carbocycles. The summed E-state index contributed by atoms with van der Waals surface area (Å²) in [6.07, 6.45) is 0. The zero-order valence-electron chi connectivity index (χ0n) is 44.1. The van der Waals surface area contributed by atoms with Crippen molar-refractivity contribution in [3.63, 3.8) is 0 Å². The van der Waals surface area contributed by atoms with Crippen LogP contribution in [0.25, 0.3) is 143 Å². The van der Waals surface area contributed by atoms with Gasteiger partial charge in [0.1, 0.15) is 0 Å². The maximum Gasteiger partial charge on any atom is 0.0725 e. The van der Waals surface area contributed by atoms with E-state index >= 15 is 0 Å². The van der Waals surface area contributed by atoms with Crippen LogP contribution in [0.2, 0.25) is 0 Å². The molecular weight excluding hydrogens is 977 g/mol. The molecule has 2 heteroatoms. The fraction of sp³-hybridized carbons (Fsp3) is 0.0127. The summed E-state index contributed by atoms with van der Waals surface area (Å²) in [4.78, 5) is 0. The third kappa shape index (κ3) is 6.00. The third-order valence-corrected chi connectivity index (χ3v) is 18.3. The van der Waals surface area contributed by atoms with Gasteiger partial charge in [-0.15, -0.1) is 0 Å². The van der Waals surface area contributed by atoms with Gasteiger partial charge in [0.15, 0.2) is 0 Å². The van der Waals surface area contributed by atoms with E-state index in [0.29, 0.717) is 0 Å². The van der Waals surface area contributed by atoms with E-state index < -0.39 is 5.41 Å². The Morgan fingerprint density at radius 1 is 0.210 bits per heavy atom. The molecule has 2 aliphatic rings. The third-order valence-electron chi connectivity index (χ3n) is 18.3. The van der Waals surface area contributed by atoms with E-state index in [1.54, 1.807) is 0 Å². The Balaban J connectivity index is 0.951. The van der Waals surface area contributed by atoms with Crippen molar-refractivity contribution < 1.29 is 0 Å². The summed E-state index contributed by atoms with van der Waals surface area (Å²) < 4.78 is 4.87. The summed E-state index contributed by atoms with van der Waals surface area (Å²) in [6, 6.07) is 110. The first-order valence-corrected chi connectivity index (χ1v) is 28.2. The fourth-order valence-electron chi connectivity index (χ4n) is 15.1. The van der Waals surface area contributed by atoms with Crippen LogP contribution in [0.15, 0.2) is 291 Å². The number of rotatable bonds is 5. The lowest BCUT2D eigenvalue weighted by Gasteiger charge is -2.30. The van der Waals surface area contributed by atoms with E-state index in [0.717, 1.165) is 11.4 Å². The van der Waals surface area contributed by atoms with Gasteiger partial charge in [0, 0.05) is 32.9 Å². The molecule has 2 aliphatic carbocycles. The maximum atomic E-state index is 2.51. The molecule has 0 saturated heterocycles. The van der Waals surface area contributed by atoms with Crippen LogP contribution in [0.4, 0.5) is 0 Å². The Kier molecular flexibility index (Phi) is 9.18. The monoisotopic (exact) mass is 1020 g/mol. The first kappa shape index (κ1) is 44.4. The Morgan fingerprint density at radius 2 is 0.630 bits per heavy atom. The molecule has 16 aromatic rings. The van der Waals surface area contributed by atoms with Crippen molar-refractivity contribution in [1.82, 2.24) is 9.13 Å². The number of nitrogens with zero attached hydrogens (tertiary/aromatic N) is 2. The van der Waals surface area contributed by atoms with Crippen molar-refractivity contribution >= 4 is 75.9 Å². The quantitative estimate of drug-likeness (QED) is 0.152. The van der Waals surface area contributed by atoms with Crippen molar-refractivity contribution in [2.45, 2.75) is 5.41 Å². The van der Waals surface area contributed by atoms with E-state index in [2.05, 4.69) is 300 Å². The Morgan fingerprint density at radius 3 is 1.22 bits per heavy atom. The van der Waals surface area contributed by atoms with Gasteiger partial charge in [-0.3, -0.25) is 0 Å². The lowest BCUT2D eigenvalue weighted by molar-refractivity contribution is 0.794. The molecule has 0 aliphatic heterocycles. The van der Waals surface area contributed by atoms with Crippen LogP contribution >= 0.6 is 0 Å². The van der Waals surface area contributed by atoms with Crippen LogP contribution in [0.1, 0.15) is 22.3 Å². The van der Waals surface area contributed by atoms with Gasteiger partial charge in [0.25, 0.3) is 0 Å². The minimum Gasteiger partial charge on any atom is -0.309 e. The number of hydrogen-bond acceptors (Lipinski definition) is 0. The van der Waals surface area contributed by atoms with E-state index in [1.165, 1.54) is 154 Å². The molecular formula is C79H48N2. The summed E-state index contributed by atoms with van der Waals surface area (Å²) in [5.74, 6) is 0. The molecule has 0 N–H and O–H groups in total. The molecule has 0 radical (unpaired) electrons. The first-order chi connectivity index (χ1) is 40.2. The highest BCUT2D eigenvalue weighted by molar-refractivity contribution is 6.22. The fourth-order valence-corrected chi connectivity index (χ4v) is 15.1. The zero-order chi connectivity index (χ0) is 52.9. The van der Waals surface area contributed by atoms with Gasteiger partial charge < -0.3 is 9.13 Å². The van der Waals surface area contributed by atoms with Gasteiger partial charge in [0.05, 0.1) is 27.5 Å². The predicted octanol–water partition coefficient (Wildman–Crippen LogP) is 20.7. The van der Waals surface area contributed by atoms with Crippen LogP contribution < -0.4 is 0 Å². The second-order valence-electron chi connectivity index (χ2n) is 22.2. The van der Waals surface area contributed by atoms with Crippen LogP contribution in [-0.4, -0.2) is 9.13 Å².